The molecule has 0 fully saturated rings. The van der Waals surface area contributed by atoms with E-state index >= 15 is 0 Å². The van der Waals surface area contributed by atoms with E-state index in [4.69, 9.17) is 16.0 Å². The van der Waals surface area contributed by atoms with Crippen molar-refractivity contribution in [3.63, 3.8) is 0 Å². The van der Waals surface area contributed by atoms with E-state index in [1.165, 1.54) is 12.1 Å². The fourth-order valence-electron chi connectivity index (χ4n) is 2.86. The molecule has 32 heavy (non-hydrogen) atoms. The van der Waals surface area contributed by atoms with Gasteiger partial charge in [-0.2, -0.15) is 0 Å². The predicted molar refractivity (Wildman–Crippen MR) is 114 cm³/mol. The summed E-state index contributed by atoms with van der Waals surface area (Å²) in [6.07, 6.45) is 0. The minimum atomic E-state index is -6.00. The standard InChI is InChI=1S/C21H13ClN2O3.BF4/c22-15-9-10-20-18(11-15)19(13-21(27-20)14-5-2-1-3-6-14)23-16-7-4-8-17(12-16)24(25)26;2-1(3,4)5/h1-13H;/q;-1/p+1. The van der Waals surface area contributed by atoms with Crippen LogP contribution >= 0.6 is 11.6 Å². The van der Waals surface area contributed by atoms with Gasteiger partial charge in [0.15, 0.2) is 0 Å². The Kier molecular flexibility index (Phi) is 6.94. The van der Waals surface area contributed by atoms with E-state index in [2.05, 4.69) is 4.99 Å². The Morgan fingerprint density at radius 1 is 0.906 bits per heavy atom. The molecule has 0 aliphatic carbocycles. The largest absolute Gasteiger partial charge is 0.673 e. The molecule has 0 amide bonds. The topological polar surface area (TPSA) is 70.2 Å². The summed E-state index contributed by atoms with van der Waals surface area (Å²) >= 11 is 6.16. The third kappa shape index (κ3) is 6.42. The fraction of sp³-hybridized carbons (Fsp3) is 0. The SMILES string of the molecule is F[B-](F)(F)F.O=[N+]([O-])c1cccc([NH+]=c2cc(-c3ccccc3)oc3ccc(Cl)cc23)c1. The number of halogens is 5. The first kappa shape index (κ1) is 23.0. The number of hydrogen-bond acceptors (Lipinski definition) is 3. The highest BCUT2D eigenvalue weighted by Gasteiger charge is 2.20. The van der Waals surface area contributed by atoms with Crippen molar-refractivity contribution in [2.75, 3.05) is 0 Å². The molecular weight excluding hydrogens is 450 g/mol. The van der Waals surface area contributed by atoms with E-state index < -0.39 is 12.2 Å². The van der Waals surface area contributed by atoms with E-state index in [1.807, 2.05) is 42.5 Å². The van der Waals surface area contributed by atoms with Gasteiger partial charge in [-0.15, -0.1) is 0 Å². The Bertz CT molecular complexity index is 1320. The van der Waals surface area contributed by atoms with Gasteiger partial charge < -0.3 is 21.7 Å². The molecule has 5 nitrogen and oxygen atoms in total. The van der Waals surface area contributed by atoms with Crippen LogP contribution in [0.4, 0.5) is 28.6 Å². The fourth-order valence-corrected chi connectivity index (χ4v) is 3.03. The van der Waals surface area contributed by atoms with Crippen molar-refractivity contribution in [1.29, 1.82) is 0 Å². The molecule has 0 bridgehead atoms. The lowest BCUT2D eigenvalue weighted by atomic mass is 10.1. The summed E-state index contributed by atoms with van der Waals surface area (Å²) in [5.74, 6) is 0.679. The van der Waals surface area contributed by atoms with Crippen LogP contribution in [0.15, 0.2) is 83.3 Å². The van der Waals surface area contributed by atoms with Crippen LogP contribution < -0.4 is 10.3 Å². The summed E-state index contributed by atoms with van der Waals surface area (Å²) in [5, 5.41) is 13.2. The third-order valence-corrected chi connectivity index (χ3v) is 4.36. The molecular formula is C21H14BClF4N2O3. The highest BCUT2D eigenvalue weighted by Crippen LogP contribution is 2.23. The van der Waals surface area contributed by atoms with Crippen LogP contribution in [0.5, 0.6) is 0 Å². The Labute approximate surface area is 183 Å². The summed E-state index contributed by atoms with van der Waals surface area (Å²) in [5.41, 5.74) is 2.21. The van der Waals surface area contributed by atoms with Crippen LogP contribution in [0.25, 0.3) is 22.3 Å². The molecule has 0 atom stereocenters. The zero-order valence-corrected chi connectivity index (χ0v) is 16.9. The quantitative estimate of drug-likeness (QED) is 0.194. The molecule has 1 N–H and O–H groups in total. The summed E-state index contributed by atoms with van der Waals surface area (Å²) in [7, 11) is -6.00. The highest BCUT2D eigenvalue weighted by atomic mass is 35.5. The average Bonchev–Trinajstić information content (AvgIpc) is 2.73. The molecule has 0 saturated heterocycles. The molecule has 4 rings (SSSR count). The normalized spacial score (nSPS) is 11.7. The van der Waals surface area contributed by atoms with Gasteiger partial charge in [0.1, 0.15) is 11.3 Å². The van der Waals surface area contributed by atoms with Crippen molar-refractivity contribution < 1.29 is 31.6 Å². The lowest BCUT2D eigenvalue weighted by Crippen LogP contribution is -2.70. The Morgan fingerprint density at radius 2 is 1.59 bits per heavy atom. The number of nitro benzene ring substituents is 1. The maximum Gasteiger partial charge on any atom is 0.673 e. The minimum Gasteiger partial charge on any atom is -0.456 e. The Hall–Kier alpha value is -3.66. The van der Waals surface area contributed by atoms with Crippen molar-refractivity contribution in [3.8, 4) is 11.3 Å². The van der Waals surface area contributed by atoms with Gasteiger partial charge >= 0.3 is 7.25 Å². The molecule has 0 aliphatic rings. The average molecular weight is 465 g/mol. The molecule has 1 heterocycles. The van der Waals surface area contributed by atoms with E-state index in [1.54, 1.807) is 24.3 Å². The van der Waals surface area contributed by atoms with Gasteiger partial charge in [-0.05, 0) is 24.3 Å². The van der Waals surface area contributed by atoms with Crippen LogP contribution in [-0.4, -0.2) is 12.2 Å². The van der Waals surface area contributed by atoms with Crippen molar-refractivity contribution in [3.05, 3.63) is 99.4 Å². The van der Waals surface area contributed by atoms with Gasteiger partial charge in [-0.1, -0.05) is 41.9 Å². The van der Waals surface area contributed by atoms with Crippen molar-refractivity contribution in [1.82, 2.24) is 0 Å². The highest BCUT2D eigenvalue weighted by molar-refractivity contribution is 6.50. The summed E-state index contributed by atoms with van der Waals surface area (Å²) < 4.78 is 45.0. The van der Waals surface area contributed by atoms with E-state index in [0.29, 0.717) is 22.1 Å². The molecule has 11 heteroatoms. The van der Waals surface area contributed by atoms with Crippen molar-refractivity contribution in [2.24, 2.45) is 0 Å². The molecule has 0 spiro atoms. The van der Waals surface area contributed by atoms with Crippen LogP contribution in [0.2, 0.25) is 5.02 Å². The van der Waals surface area contributed by atoms with E-state index in [9.17, 15) is 27.4 Å². The molecule has 0 unspecified atom stereocenters. The predicted octanol–water partition coefficient (Wildman–Crippen LogP) is 5.27. The zero-order valence-electron chi connectivity index (χ0n) is 16.1. The van der Waals surface area contributed by atoms with Gasteiger partial charge in [0.2, 0.25) is 11.0 Å². The van der Waals surface area contributed by atoms with Gasteiger partial charge in [-0.3, -0.25) is 10.1 Å². The second-order valence-electron chi connectivity index (χ2n) is 6.46. The number of benzene rings is 3. The molecule has 4 aromatic rings. The molecule has 0 saturated carbocycles. The number of nitrogens with one attached hydrogen (secondary N) is 1. The first-order valence-electron chi connectivity index (χ1n) is 9.11. The number of hydrogen-bond donors (Lipinski definition) is 1. The lowest BCUT2D eigenvalue weighted by Gasteiger charge is -2.03. The minimum absolute atomic E-state index is 0.0197. The van der Waals surface area contributed by atoms with Crippen molar-refractivity contribution in [2.45, 2.75) is 0 Å². The van der Waals surface area contributed by atoms with Gasteiger partial charge in [0.05, 0.1) is 22.4 Å². The summed E-state index contributed by atoms with van der Waals surface area (Å²) in [6, 6.07) is 23.3. The van der Waals surface area contributed by atoms with E-state index in [0.717, 1.165) is 16.3 Å². The summed E-state index contributed by atoms with van der Waals surface area (Å²) in [6.45, 7) is 0. The number of nitro groups is 1. The number of fused-ring (bicyclic) bond motifs is 1. The second-order valence-corrected chi connectivity index (χ2v) is 6.89. The number of non-ortho nitro benzene ring substituents is 1. The van der Waals surface area contributed by atoms with Crippen LogP contribution in [0.1, 0.15) is 0 Å². The smallest absolute Gasteiger partial charge is 0.456 e. The van der Waals surface area contributed by atoms with Crippen molar-refractivity contribution >= 4 is 41.2 Å². The first-order valence-corrected chi connectivity index (χ1v) is 9.48. The number of nitrogens with zero attached hydrogens (tertiary/aromatic N) is 1. The first-order chi connectivity index (χ1) is 15.1. The molecule has 0 radical (unpaired) electrons. The van der Waals surface area contributed by atoms with E-state index in [-0.39, 0.29) is 5.69 Å². The molecule has 3 aromatic carbocycles. The maximum absolute atomic E-state index is 11.0. The molecule has 1 aromatic heterocycles. The van der Waals surface area contributed by atoms with Gasteiger partial charge in [0.25, 0.3) is 5.69 Å². The zero-order chi connectivity index (χ0) is 23.3. The lowest BCUT2D eigenvalue weighted by molar-refractivity contribution is -0.405. The van der Waals surface area contributed by atoms with Gasteiger partial charge in [0, 0.05) is 22.7 Å². The summed E-state index contributed by atoms with van der Waals surface area (Å²) in [4.78, 5) is 13.9. The molecule has 0 aliphatic heterocycles. The van der Waals surface area contributed by atoms with Gasteiger partial charge in [-0.25, -0.2) is 4.99 Å². The molecule has 164 valence electrons. The Morgan fingerprint density at radius 3 is 2.25 bits per heavy atom. The van der Waals surface area contributed by atoms with Crippen LogP contribution in [0, 0.1) is 10.1 Å². The second kappa shape index (κ2) is 9.65. The van der Waals surface area contributed by atoms with Crippen LogP contribution in [0.3, 0.4) is 0 Å². The van der Waals surface area contributed by atoms with Crippen LogP contribution in [-0.2, 0) is 0 Å². The third-order valence-electron chi connectivity index (χ3n) is 4.12. The Balaban J connectivity index is 0.000000523. The maximum atomic E-state index is 11.0. The number of rotatable bonds is 3. The monoisotopic (exact) mass is 464 g/mol.